The molecule has 0 spiro atoms. The highest BCUT2D eigenvalue weighted by molar-refractivity contribution is 6.03. The van der Waals surface area contributed by atoms with Gasteiger partial charge in [0.05, 0.1) is 24.9 Å². The van der Waals surface area contributed by atoms with Crippen molar-refractivity contribution in [1.82, 2.24) is 0 Å². The van der Waals surface area contributed by atoms with Gasteiger partial charge in [-0.1, -0.05) is 30.3 Å². The van der Waals surface area contributed by atoms with Crippen molar-refractivity contribution in [3.8, 4) is 39.7 Å². The first-order valence-electron chi connectivity index (χ1n) is 12.4. The Kier molecular flexibility index (Phi) is 6.68. The van der Waals surface area contributed by atoms with Crippen LogP contribution in [0.5, 0.6) is 17.2 Å². The van der Waals surface area contributed by atoms with Gasteiger partial charge in [-0.3, -0.25) is 4.79 Å². The fraction of sp³-hybridized carbons (Fsp3) is 0.226. The molecular weight excluding hydrogens is 484 g/mol. The molecule has 7 heteroatoms. The van der Waals surface area contributed by atoms with Crippen LogP contribution >= 0.6 is 0 Å². The Morgan fingerprint density at radius 1 is 0.737 bits per heavy atom. The average Bonchev–Trinajstić information content (AvgIpc) is 2.87. The van der Waals surface area contributed by atoms with Gasteiger partial charge in [-0.05, 0) is 39.8 Å². The van der Waals surface area contributed by atoms with E-state index in [9.17, 15) is 9.59 Å². The van der Waals surface area contributed by atoms with Crippen LogP contribution < -0.4 is 25.3 Å². The summed E-state index contributed by atoms with van der Waals surface area (Å²) in [6, 6.07) is 19.1. The minimum absolute atomic E-state index is 0.188. The molecule has 0 unspecified atom stereocenters. The van der Waals surface area contributed by atoms with Gasteiger partial charge in [0.25, 0.3) is 0 Å². The quantitative estimate of drug-likeness (QED) is 0.221. The van der Waals surface area contributed by atoms with Gasteiger partial charge in [0.1, 0.15) is 34.0 Å². The minimum Gasteiger partial charge on any atom is -0.496 e. The van der Waals surface area contributed by atoms with Gasteiger partial charge in [0.2, 0.25) is 0 Å². The second kappa shape index (κ2) is 10.1. The van der Waals surface area contributed by atoms with Gasteiger partial charge < -0.3 is 23.0 Å². The maximum Gasteiger partial charge on any atom is 0.336 e. The summed E-state index contributed by atoms with van der Waals surface area (Å²) in [6.07, 6.45) is -0.381. The second-order valence-electron chi connectivity index (χ2n) is 9.47. The lowest BCUT2D eigenvalue weighted by atomic mass is 9.97. The number of benzene rings is 3. The van der Waals surface area contributed by atoms with E-state index in [1.54, 1.807) is 18.2 Å². The van der Waals surface area contributed by atoms with Crippen molar-refractivity contribution in [1.29, 1.82) is 0 Å². The van der Waals surface area contributed by atoms with E-state index >= 15 is 0 Å². The molecule has 7 nitrogen and oxygen atoms in total. The Hall–Kier alpha value is -4.52. The maximum absolute atomic E-state index is 13.6. The van der Waals surface area contributed by atoms with Crippen LogP contribution in [-0.2, 0) is 0 Å². The lowest BCUT2D eigenvalue weighted by molar-refractivity contribution is 0.231. The highest BCUT2D eigenvalue weighted by Crippen LogP contribution is 2.46. The summed E-state index contributed by atoms with van der Waals surface area (Å²) in [5, 5.41) is 0.972. The fourth-order valence-corrected chi connectivity index (χ4v) is 4.43. The third kappa shape index (κ3) is 4.75. The number of fused-ring (bicyclic) bond motifs is 2. The molecule has 0 radical (unpaired) electrons. The molecule has 2 heterocycles. The van der Waals surface area contributed by atoms with Crippen LogP contribution in [-0.4, -0.2) is 19.3 Å². The van der Waals surface area contributed by atoms with E-state index in [4.69, 9.17) is 23.0 Å². The maximum atomic E-state index is 13.6. The zero-order valence-electron chi connectivity index (χ0n) is 21.9. The van der Waals surface area contributed by atoms with Gasteiger partial charge in [0, 0.05) is 40.8 Å². The van der Waals surface area contributed by atoms with Crippen LogP contribution in [0.15, 0.2) is 85.2 Å². The van der Waals surface area contributed by atoms with E-state index in [-0.39, 0.29) is 17.6 Å². The molecule has 38 heavy (non-hydrogen) atoms. The molecule has 0 aliphatic heterocycles. The first kappa shape index (κ1) is 25.1. The molecule has 0 saturated heterocycles. The third-order valence-corrected chi connectivity index (χ3v) is 5.92. The Labute approximate surface area is 219 Å². The predicted molar refractivity (Wildman–Crippen MR) is 147 cm³/mol. The van der Waals surface area contributed by atoms with Crippen LogP contribution in [0.3, 0.4) is 0 Å². The molecule has 5 rings (SSSR count). The molecule has 0 aliphatic carbocycles. The van der Waals surface area contributed by atoms with Crippen LogP contribution in [0, 0.1) is 0 Å². The van der Waals surface area contributed by atoms with Crippen LogP contribution in [0.25, 0.3) is 44.4 Å². The van der Waals surface area contributed by atoms with Crippen molar-refractivity contribution in [2.45, 2.75) is 39.9 Å². The Bertz CT molecular complexity index is 1740. The van der Waals surface area contributed by atoms with Crippen molar-refractivity contribution in [3.63, 3.8) is 0 Å². The Morgan fingerprint density at radius 2 is 1.45 bits per heavy atom. The molecule has 2 aromatic heterocycles. The van der Waals surface area contributed by atoms with E-state index in [2.05, 4.69) is 0 Å². The van der Waals surface area contributed by atoms with E-state index in [0.717, 1.165) is 5.56 Å². The second-order valence-corrected chi connectivity index (χ2v) is 9.47. The normalized spacial score (nSPS) is 11.4. The summed E-state index contributed by atoms with van der Waals surface area (Å²) >= 11 is 0. The molecule has 0 aliphatic rings. The highest BCUT2D eigenvalue weighted by atomic mass is 16.5. The molecule has 0 atom stereocenters. The van der Waals surface area contributed by atoms with E-state index in [1.165, 1.54) is 19.2 Å². The average molecular weight is 513 g/mol. The van der Waals surface area contributed by atoms with E-state index in [1.807, 2.05) is 64.1 Å². The summed E-state index contributed by atoms with van der Waals surface area (Å²) < 4.78 is 30.0. The number of ether oxygens (including phenoxy) is 3. The van der Waals surface area contributed by atoms with Crippen molar-refractivity contribution >= 4 is 21.9 Å². The SMILES string of the molecule is COc1cc2oc(=O)ccc2cc1-c1c(OC(C)C)cc(OC(C)C)c2c(=O)cc(-c3ccccc3)oc12. The van der Waals surface area contributed by atoms with Crippen molar-refractivity contribution in [3.05, 3.63) is 87.4 Å². The third-order valence-electron chi connectivity index (χ3n) is 5.92. The first-order chi connectivity index (χ1) is 18.2. The highest BCUT2D eigenvalue weighted by Gasteiger charge is 2.25. The smallest absolute Gasteiger partial charge is 0.336 e. The predicted octanol–water partition coefficient (Wildman–Crippen LogP) is 6.82. The lowest BCUT2D eigenvalue weighted by Gasteiger charge is -2.21. The molecule has 5 aromatic rings. The lowest BCUT2D eigenvalue weighted by Crippen LogP contribution is -2.12. The van der Waals surface area contributed by atoms with E-state index < -0.39 is 5.63 Å². The van der Waals surface area contributed by atoms with Crippen molar-refractivity contribution < 1.29 is 23.0 Å². The molecule has 0 amide bonds. The zero-order chi connectivity index (χ0) is 27.0. The standard InChI is InChI=1S/C31H28O7/c1-17(2)35-26-16-27(36-18(3)4)30-22(32)14-23(19-9-7-6-8-10-19)38-31(30)29(26)21-13-20-11-12-28(33)37-24(20)15-25(21)34-5/h6-18H,1-5H3. The zero-order valence-corrected chi connectivity index (χ0v) is 21.9. The molecule has 0 fully saturated rings. The van der Waals surface area contributed by atoms with Crippen molar-refractivity contribution in [2.24, 2.45) is 0 Å². The molecular formula is C31H28O7. The fourth-order valence-electron chi connectivity index (χ4n) is 4.43. The monoisotopic (exact) mass is 512 g/mol. The molecule has 0 saturated carbocycles. The van der Waals surface area contributed by atoms with Gasteiger partial charge >= 0.3 is 5.63 Å². The van der Waals surface area contributed by atoms with Crippen LogP contribution in [0.4, 0.5) is 0 Å². The van der Waals surface area contributed by atoms with Gasteiger partial charge in [0.15, 0.2) is 11.0 Å². The number of rotatable bonds is 7. The molecule has 3 aromatic carbocycles. The topological polar surface area (TPSA) is 88.1 Å². The van der Waals surface area contributed by atoms with Gasteiger partial charge in [-0.25, -0.2) is 4.79 Å². The van der Waals surface area contributed by atoms with Gasteiger partial charge in [-0.2, -0.15) is 0 Å². The number of hydrogen-bond donors (Lipinski definition) is 0. The Balaban J connectivity index is 1.94. The number of hydrogen-bond acceptors (Lipinski definition) is 7. The first-order valence-corrected chi connectivity index (χ1v) is 12.4. The molecule has 0 bridgehead atoms. The molecule has 0 N–H and O–H groups in total. The summed E-state index contributed by atoms with van der Waals surface area (Å²) in [6.45, 7) is 7.62. The minimum atomic E-state index is -0.463. The van der Waals surface area contributed by atoms with Crippen LogP contribution in [0.1, 0.15) is 27.7 Å². The molecule has 194 valence electrons. The largest absolute Gasteiger partial charge is 0.496 e. The summed E-state index contributed by atoms with van der Waals surface area (Å²) in [5.41, 5.74) is 1.87. The summed E-state index contributed by atoms with van der Waals surface area (Å²) in [7, 11) is 1.53. The van der Waals surface area contributed by atoms with E-state index in [0.29, 0.717) is 56.1 Å². The van der Waals surface area contributed by atoms with Crippen LogP contribution in [0.2, 0.25) is 0 Å². The van der Waals surface area contributed by atoms with Crippen molar-refractivity contribution in [2.75, 3.05) is 7.11 Å². The summed E-state index contributed by atoms with van der Waals surface area (Å²) in [5.74, 6) is 1.67. The number of methoxy groups -OCH3 is 1. The van der Waals surface area contributed by atoms with Gasteiger partial charge in [-0.15, -0.1) is 0 Å². The Morgan fingerprint density at radius 3 is 2.13 bits per heavy atom. The summed E-state index contributed by atoms with van der Waals surface area (Å²) in [4.78, 5) is 25.5.